The lowest BCUT2D eigenvalue weighted by atomic mass is 10.2. The van der Waals surface area contributed by atoms with Crippen molar-refractivity contribution in [1.82, 2.24) is 9.55 Å². The Balaban J connectivity index is 2.53. The van der Waals surface area contributed by atoms with E-state index in [0.717, 1.165) is 10.9 Å². The van der Waals surface area contributed by atoms with E-state index in [1.54, 1.807) is 18.6 Å². The normalized spacial score (nSPS) is 11.8. The molecule has 0 radical (unpaired) electrons. The van der Waals surface area contributed by atoms with Gasteiger partial charge in [0.05, 0.1) is 23.6 Å². The molecule has 96 valence electrons. The number of aryl methyl sites for hydroxylation is 1. The van der Waals surface area contributed by atoms with Crippen molar-refractivity contribution in [3.63, 3.8) is 0 Å². The van der Waals surface area contributed by atoms with Gasteiger partial charge in [0.2, 0.25) is 0 Å². The van der Waals surface area contributed by atoms with Crippen LogP contribution < -0.4 is 5.73 Å². The number of nitrogens with two attached hydrogens (primary N) is 1. The summed E-state index contributed by atoms with van der Waals surface area (Å²) in [5.41, 5.74) is 7.49. The average Bonchev–Trinajstić information content (AvgIpc) is 2.55. The first-order valence-electron chi connectivity index (χ1n) is 5.74. The highest BCUT2D eigenvalue weighted by molar-refractivity contribution is 5.98. The molecule has 2 aromatic heterocycles. The second-order valence-electron chi connectivity index (χ2n) is 5.29. The van der Waals surface area contributed by atoms with E-state index in [4.69, 9.17) is 10.5 Å². The lowest BCUT2D eigenvalue weighted by molar-refractivity contribution is 0.0544. The van der Waals surface area contributed by atoms with Crippen LogP contribution in [0, 0.1) is 6.92 Å². The van der Waals surface area contributed by atoms with Gasteiger partial charge in [-0.3, -0.25) is 9.55 Å². The van der Waals surface area contributed by atoms with Crippen LogP contribution in [0.4, 0.5) is 10.5 Å². The van der Waals surface area contributed by atoms with E-state index in [9.17, 15) is 4.79 Å². The first-order chi connectivity index (χ1) is 8.29. The summed E-state index contributed by atoms with van der Waals surface area (Å²) in [6.07, 6.45) is 4.49. The molecule has 2 aromatic rings. The maximum Gasteiger partial charge on any atom is 0.419 e. The minimum atomic E-state index is -0.532. The Morgan fingerprint density at radius 1 is 1.39 bits per heavy atom. The molecule has 0 spiro atoms. The maximum absolute atomic E-state index is 12.1. The number of nitrogen functional groups attached to an aromatic ring is 1. The minimum Gasteiger partial charge on any atom is -0.443 e. The van der Waals surface area contributed by atoms with Crippen LogP contribution in [0.5, 0.6) is 0 Å². The Morgan fingerprint density at radius 3 is 2.67 bits per heavy atom. The maximum atomic E-state index is 12.1. The SMILES string of the molecule is Cc1cn(C(=O)OC(C)(C)C)c2cncc(N)c12. The van der Waals surface area contributed by atoms with E-state index >= 15 is 0 Å². The zero-order valence-electron chi connectivity index (χ0n) is 11.0. The molecule has 0 amide bonds. The van der Waals surface area contributed by atoms with Crippen molar-refractivity contribution in [2.75, 3.05) is 5.73 Å². The Morgan fingerprint density at radius 2 is 2.06 bits per heavy atom. The highest BCUT2D eigenvalue weighted by atomic mass is 16.6. The predicted octanol–water partition coefficient (Wildman–Crippen LogP) is 2.71. The van der Waals surface area contributed by atoms with Gasteiger partial charge < -0.3 is 10.5 Å². The average molecular weight is 247 g/mol. The van der Waals surface area contributed by atoms with Gasteiger partial charge >= 0.3 is 6.09 Å². The molecule has 0 aliphatic carbocycles. The van der Waals surface area contributed by atoms with Crippen LogP contribution in [0.1, 0.15) is 26.3 Å². The lowest BCUT2D eigenvalue weighted by Gasteiger charge is -2.19. The van der Waals surface area contributed by atoms with E-state index in [2.05, 4.69) is 4.98 Å². The molecule has 0 atom stereocenters. The van der Waals surface area contributed by atoms with Crippen LogP contribution in [-0.2, 0) is 4.74 Å². The molecule has 0 aliphatic rings. The summed E-state index contributed by atoms with van der Waals surface area (Å²) >= 11 is 0. The van der Waals surface area contributed by atoms with E-state index in [-0.39, 0.29) is 0 Å². The van der Waals surface area contributed by atoms with Crippen molar-refractivity contribution < 1.29 is 9.53 Å². The molecule has 5 heteroatoms. The van der Waals surface area contributed by atoms with Crippen molar-refractivity contribution in [2.24, 2.45) is 0 Å². The molecule has 0 saturated carbocycles. The number of nitrogens with zero attached hydrogens (tertiary/aromatic N) is 2. The molecule has 5 nitrogen and oxygen atoms in total. The number of carbonyl (C=O) groups excluding carboxylic acids is 1. The third-order valence-corrected chi connectivity index (χ3v) is 2.52. The Bertz CT molecular complexity index is 608. The number of pyridine rings is 1. The summed E-state index contributed by atoms with van der Waals surface area (Å²) in [6, 6.07) is 0. The van der Waals surface area contributed by atoms with Crippen LogP contribution in [0.25, 0.3) is 10.9 Å². The van der Waals surface area contributed by atoms with Gasteiger partial charge in [0.25, 0.3) is 0 Å². The van der Waals surface area contributed by atoms with Gasteiger partial charge in [0, 0.05) is 11.6 Å². The van der Waals surface area contributed by atoms with Gasteiger partial charge in [-0.05, 0) is 33.3 Å². The number of ether oxygens (including phenoxy) is 1. The molecular formula is C13H17N3O2. The summed E-state index contributed by atoms with van der Waals surface area (Å²) in [6.45, 7) is 7.39. The van der Waals surface area contributed by atoms with E-state index in [1.165, 1.54) is 4.57 Å². The standard InChI is InChI=1S/C13H17N3O2/c1-8-7-16(12(17)18-13(2,3)4)10-6-15-5-9(14)11(8)10/h5-7H,14H2,1-4H3. The Kier molecular flexibility index (Phi) is 2.77. The monoisotopic (exact) mass is 247 g/mol. The van der Waals surface area contributed by atoms with Crippen molar-refractivity contribution in [3.05, 3.63) is 24.2 Å². The molecule has 0 aromatic carbocycles. The largest absolute Gasteiger partial charge is 0.443 e. The van der Waals surface area contributed by atoms with Crippen LogP contribution in [0.2, 0.25) is 0 Å². The number of aromatic nitrogens is 2. The van der Waals surface area contributed by atoms with Crippen molar-refractivity contribution in [2.45, 2.75) is 33.3 Å². The summed E-state index contributed by atoms with van der Waals surface area (Å²) < 4.78 is 6.78. The molecule has 2 N–H and O–H groups in total. The third-order valence-electron chi connectivity index (χ3n) is 2.52. The quantitative estimate of drug-likeness (QED) is 0.777. The topological polar surface area (TPSA) is 70.1 Å². The number of carbonyl (C=O) groups is 1. The highest BCUT2D eigenvalue weighted by Crippen LogP contribution is 2.26. The summed E-state index contributed by atoms with van der Waals surface area (Å²) in [5.74, 6) is 0. The smallest absolute Gasteiger partial charge is 0.419 e. The van der Waals surface area contributed by atoms with E-state index < -0.39 is 11.7 Å². The van der Waals surface area contributed by atoms with Crippen LogP contribution in [0.3, 0.4) is 0 Å². The molecule has 0 unspecified atom stereocenters. The molecule has 0 bridgehead atoms. The fourth-order valence-corrected chi connectivity index (χ4v) is 1.87. The van der Waals surface area contributed by atoms with Crippen molar-refractivity contribution >= 4 is 22.7 Å². The molecule has 0 saturated heterocycles. The number of anilines is 1. The summed E-state index contributed by atoms with van der Waals surface area (Å²) in [5, 5.41) is 0.843. The van der Waals surface area contributed by atoms with Gasteiger partial charge in [-0.1, -0.05) is 0 Å². The third kappa shape index (κ3) is 2.16. The number of rotatable bonds is 0. The van der Waals surface area contributed by atoms with E-state index in [0.29, 0.717) is 11.2 Å². The predicted molar refractivity (Wildman–Crippen MR) is 70.5 cm³/mol. The number of fused-ring (bicyclic) bond motifs is 1. The summed E-state index contributed by atoms with van der Waals surface area (Å²) in [7, 11) is 0. The fourth-order valence-electron chi connectivity index (χ4n) is 1.87. The van der Waals surface area contributed by atoms with E-state index in [1.807, 2.05) is 27.7 Å². The first-order valence-corrected chi connectivity index (χ1v) is 5.74. The minimum absolute atomic E-state index is 0.423. The highest BCUT2D eigenvalue weighted by Gasteiger charge is 2.20. The zero-order chi connectivity index (χ0) is 13.5. The van der Waals surface area contributed by atoms with Gasteiger partial charge in [-0.15, -0.1) is 0 Å². The second kappa shape index (κ2) is 4.01. The van der Waals surface area contributed by atoms with Crippen molar-refractivity contribution in [3.8, 4) is 0 Å². The lowest BCUT2D eigenvalue weighted by Crippen LogP contribution is -2.26. The molecular weight excluding hydrogens is 230 g/mol. The molecule has 18 heavy (non-hydrogen) atoms. The van der Waals surface area contributed by atoms with Crippen LogP contribution in [0.15, 0.2) is 18.6 Å². The Hall–Kier alpha value is -2.04. The molecule has 0 fully saturated rings. The van der Waals surface area contributed by atoms with Gasteiger partial charge in [0.15, 0.2) is 0 Å². The number of hydrogen-bond acceptors (Lipinski definition) is 4. The molecule has 2 rings (SSSR count). The van der Waals surface area contributed by atoms with Gasteiger partial charge in [0.1, 0.15) is 5.60 Å². The fraction of sp³-hybridized carbons (Fsp3) is 0.385. The van der Waals surface area contributed by atoms with Crippen LogP contribution >= 0.6 is 0 Å². The zero-order valence-corrected chi connectivity index (χ0v) is 11.0. The van der Waals surface area contributed by atoms with Gasteiger partial charge in [-0.25, -0.2) is 4.79 Å². The van der Waals surface area contributed by atoms with Crippen LogP contribution in [-0.4, -0.2) is 21.2 Å². The second-order valence-corrected chi connectivity index (χ2v) is 5.29. The Labute approximate surface area is 106 Å². The molecule has 0 aliphatic heterocycles. The summed E-state index contributed by atoms with van der Waals surface area (Å²) in [4.78, 5) is 16.1. The first kappa shape index (κ1) is 12.4. The molecule has 2 heterocycles. The van der Waals surface area contributed by atoms with Crippen molar-refractivity contribution in [1.29, 1.82) is 0 Å². The number of hydrogen-bond donors (Lipinski definition) is 1. The van der Waals surface area contributed by atoms with Gasteiger partial charge in [-0.2, -0.15) is 0 Å².